The molecule has 1 heteroatoms. The number of hydrogen-bond donors (Lipinski definition) is 0. The molecule has 0 aromatic rings. The summed E-state index contributed by atoms with van der Waals surface area (Å²) in [6, 6.07) is 0. The molecule has 3 saturated carbocycles. The zero-order chi connectivity index (χ0) is 21.9. The summed E-state index contributed by atoms with van der Waals surface area (Å²) in [6.07, 6.45) is 22.7. The van der Waals surface area contributed by atoms with E-state index < -0.39 is 0 Å². The average Bonchev–Trinajstić information content (AvgIpc) is 3.08. The first kappa shape index (κ1) is 28.1. The Morgan fingerprint density at radius 1 is 1.06 bits per heavy atom. The van der Waals surface area contributed by atoms with Gasteiger partial charge in [0, 0.05) is 32.7 Å². The molecular weight excluding hydrogens is 449 g/mol. The van der Waals surface area contributed by atoms with E-state index in [0.717, 1.165) is 35.5 Å². The molecule has 4 rings (SSSR count). The van der Waals surface area contributed by atoms with E-state index in [1.165, 1.54) is 77.0 Å². The van der Waals surface area contributed by atoms with E-state index in [-0.39, 0.29) is 32.7 Å². The summed E-state index contributed by atoms with van der Waals surface area (Å²) in [5, 5.41) is 0. The minimum atomic E-state index is 0. The van der Waals surface area contributed by atoms with E-state index in [1.54, 1.807) is 0 Å². The summed E-state index contributed by atoms with van der Waals surface area (Å²) < 4.78 is 0. The molecule has 177 valence electrons. The van der Waals surface area contributed by atoms with Gasteiger partial charge in [-0.1, -0.05) is 85.8 Å². The van der Waals surface area contributed by atoms with Crippen LogP contribution < -0.4 is 0 Å². The molecule has 3 fully saturated rings. The summed E-state index contributed by atoms with van der Waals surface area (Å²) >= 11 is 0. The Morgan fingerprint density at radius 2 is 1.81 bits per heavy atom. The van der Waals surface area contributed by atoms with Crippen molar-refractivity contribution in [3.8, 4) is 0 Å². The van der Waals surface area contributed by atoms with Crippen LogP contribution in [0, 0.1) is 52.8 Å². The SMILES string of the molecule is CC.CCC(CCCC1CCC2C3CC=C4C[CH-]CCC4(C)C3CCC12C)C(C)C.[Y]. The van der Waals surface area contributed by atoms with Gasteiger partial charge in [-0.25, -0.2) is 0 Å². The third-order valence-electron chi connectivity index (χ3n) is 10.6. The molecular formula is C30H53Y-. The van der Waals surface area contributed by atoms with Crippen molar-refractivity contribution in [2.75, 3.05) is 0 Å². The van der Waals surface area contributed by atoms with Crippen LogP contribution in [0.15, 0.2) is 11.6 Å². The summed E-state index contributed by atoms with van der Waals surface area (Å²) in [5.74, 6) is 5.83. The van der Waals surface area contributed by atoms with Crippen molar-refractivity contribution in [2.24, 2.45) is 46.3 Å². The predicted molar refractivity (Wildman–Crippen MR) is 133 cm³/mol. The Bertz CT molecular complexity index is 577. The van der Waals surface area contributed by atoms with E-state index in [4.69, 9.17) is 0 Å². The maximum Gasteiger partial charge on any atom is 0 e. The van der Waals surface area contributed by atoms with Crippen molar-refractivity contribution in [1.82, 2.24) is 0 Å². The van der Waals surface area contributed by atoms with E-state index in [1.807, 2.05) is 19.4 Å². The number of hydrogen-bond acceptors (Lipinski definition) is 0. The fraction of sp³-hybridized carbons (Fsp3) is 0.900. The van der Waals surface area contributed by atoms with E-state index >= 15 is 0 Å². The van der Waals surface area contributed by atoms with Crippen molar-refractivity contribution < 1.29 is 32.7 Å². The quantitative estimate of drug-likeness (QED) is 0.250. The molecule has 7 unspecified atom stereocenters. The van der Waals surface area contributed by atoms with Gasteiger partial charge in [0.15, 0.2) is 0 Å². The molecule has 0 heterocycles. The van der Waals surface area contributed by atoms with Gasteiger partial charge in [0.05, 0.1) is 0 Å². The first-order chi connectivity index (χ1) is 14.4. The van der Waals surface area contributed by atoms with Crippen molar-refractivity contribution in [3.05, 3.63) is 18.1 Å². The van der Waals surface area contributed by atoms with Gasteiger partial charge in [0.2, 0.25) is 0 Å². The molecule has 0 nitrogen and oxygen atoms in total. The van der Waals surface area contributed by atoms with Gasteiger partial charge in [-0.2, -0.15) is 12.8 Å². The van der Waals surface area contributed by atoms with Crippen LogP contribution in [0.3, 0.4) is 0 Å². The molecule has 31 heavy (non-hydrogen) atoms. The second kappa shape index (κ2) is 12.0. The van der Waals surface area contributed by atoms with Crippen LogP contribution in [-0.2, 0) is 32.7 Å². The monoisotopic (exact) mass is 502 g/mol. The van der Waals surface area contributed by atoms with Crippen LogP contribution in [0.4, 0.5) is 0 Å². The molecule has 0 bridgehead atoms. The van der Waals surface area contributed by atoms with Gasteiger partial charge < -0.3 is 6.42 Å². The summed E-state index contributed by atoms with van der Waals surface area (Å²) in [6.45, 7) is 16.6. The summed E-state index contributed by atoms with van der Waals surface area (Å²) in [7, 11) is 0. The molecule has 0 N–H and O–H groups in total. The molecule has 1 radical (unpaired) electrons. The summed E-state index contributed by atoms with van der Waals surface area (Å²) in [4.78, 5) is 0. The van der Waals surface area contributed by atoms with E-state index in [0.29, 0.717) is 10.8 Å². The van der Waals surface area contributed by atoms with Gasteiger partial charge in [-0.15, -0.1) is 0 Å². The van der Waals surface area contributed by atoms with Gasteiger partial charge in [0.1, 0.15) is 0 Å². The van der Waals surface area contributed by atoms with E-state index in [9.17, 15) is 0 Å². The van der Waals surface area contributed by atoms with Crippen molar-refractivity contribution in [3.63, 3.8) is 0 Å². The topological polar surface area (TPSA) is 0 Å². The number of rotatable bonds is 6. The molecule has 0 aromatic heterocycles. The second-order valence-electron chi connectivity index (χ2n) is 12.0. The van der Waals surface area contributed by atoms with Crippen LogP contribution in [-0.4, -0.2) is 0 Å². The zero-order valence-corrected chi connectivity index (χ0v) is 25.0. The van der Waals surface area contributed by atoms with E-state index in [2.05, 4.69) is 47.1 Å². The maximum absolute atomic E-state index is 2.72. The Hall–Kier alpha value is 0.844. The Morgan fingerprint density at radius 3 is 2.48 bits per heavy atom. The zero-order valence-electron chi connectivity index (χ0n) is 22.2. The second-order valence-corrected chi connectivity index (χ2v) is 12.0. The molecule has 4 aliphatic rings. The molecule has 0 amide bonds. The Balaban J connectivity index is 0.00000111. The van der Waals surface area contributed by atoms with Crippen LogP contribution in [0.1, 0.15) is 126 Å². The molecule has 0 saturated heterocycles. The number of allylic oxidation sites excluding steroid dienone is 2. The normalized spacial score (nSPS) is 39.8. The number of fused-ring (bicyclic) bond motifs is 5. The summed E-state index contributed by atoms with van der Waals surface area (Å²) in [5.41, 5.74) is 3.02. The minimum absolute atomic E-state index is 0. The van der Waals surface area contributed by atoms with Crippen molar-refractivity contribution in [1.29, 1.82) is 0 Å². The maximum atomic E-state index is 2.72. The minimum Gasteiger partial charge on any atom is -0.325 e. The standard InChI is InChI=1S/C28H47.C2H6.Y/c1-6-21(20(2)3)10-9-12-23-14-16-25-24-15-13-22-11-7-8-18-27(22,4)26(24)17-19-28(23,25)5;1-2;/h7,13,20-21,23-26H,6,8-12,14-19H2,1-5H3;1-2H3;/q-1;;. The van der Waals surface area contributed by atoms with Crippen LogP contribution in [0.2, 0.25) is 0 Å². The Kier molecular flexibility index (Phi) is 10.9. The molecule has 0 aromatic carbocycles. The van der Waals surface area contributed by atoms with Crippen LogP contribution in [0.25, 0.3) is 0 Å². The largest absolute Gasteiger partial charge is 0.325 e. The molecule has 4 aliphatic carbocycles. The fourth-order valence-electron chi connectivity index (χ4n) is 8.70. The molecule has 0 aliphatic heterocycles. The third kappa shape index (κ3) is 5.41. The van der Waals surface area contributed by atoms with Gasteiger partial charge in [-0.05, 0) is 84.9 Å². The van der Waals surface area contributed by atoms with Crippen molar-refractivity contribution >= 4 is 0 Å². The van der Waals surface area contributed by atoms with Gasteiger partial charge in [0.25, 0.3) is 0 Å². The first-order valence-corrected chi connectivity index (χ1v) is 13.9. The van der Waals surface area contributed by atoms with Gasteiger partial charge >= 0.3 is 0 Å². The van der Waals surface area contributed by atoms with Crippen LogP contribution >= 0.6 is 0 Å². The predicted octanol–water partition coefficient (Wildman–Crippen LogP) is 9.65. The smallest absolute Gasteiger partial charge is 0 e. The van der Waals surface area contributed by atoms with Crippen molar-refractivity contribution in [2.45, 2.75) is 126 Å². The molecule has 7 atom stereocenters. The fourth-order valence-corrected chi connectivity index (χ4v) is 8.70. The first-order valence-electron chi connectivity index (χ1n) is 13.9. The average molecular weight is 503 g/mol. The molecule has 0 spiro atoms. The van der Waals surface area contributed by atoms with Crippen LogP contribution in [0.5, 0.6) is 0 Å². The Labute approximate surface area is 221 Å². The third-order valence-corrected chi connectivity index (χ3v) is 10.6. The van der Waals surface area contributed by atoms with Gasteiger partial charge in [-0.3, -0.25) is 0 Å².